The minimum absolute atomic E-state index is 0.159. The fourth-order valence-electron chi connectivity index (χ4n) is 4.18. The number of carbonyl (C=O) groups excluding carboxylic acids is 1. The Morgan fingerprint density at radius 1 is 1.31 bits per heavy atom. The van der Waals surface area contributed by atoms with Crippen LogP contribution in [0, 0.1) is 5.92 Å². The molecule has 0 radical (unpaired) electrons. The SMILES string of the molecule is CCC1=CC2(CCN(C(=O)OC(C)(C)C)CC2C(=O)O)c2ccccc21. The number of fused-ring (bicyclic) bond motifs is 2. The van der Waals surface area contributed by atoms with Crippen molar-refractivity contribution in [1.29, 1.82) is 0 Å². The maximum atomic E-state index is 12.4. The van der Waals surface area contributed by atoms with Gasteiger partial charge in [-0.25, -0.2) is 4.79 Å². The summed E-state index contributed by atoms with van der Waals surface area (Å²) in [5, 5.41) is 9.97. The number of amides is 1. The van der Waals surface area contributed by atoms with Gasteiger partial charge < -0.3 is 14.7 Å². The van der Waals surface area contributed by atoms with Crippen molar-refractivity contribution in [3.63, 3.8) is 0 Å². The molecule has 1 spiro atoms. The standard InChI is InChI=1S/C21H27NO4/c1-5-14-12-21(16-9-7-6-8-15(14)16)10-11-22(13-17(21)18(23)24)19(25)26-20(2,3)4/h6-9,12,17H,5,10-11,13H2,1-4H3,(H,23,24). The number of benzene rings is 1. The molecule has 140 valence electrons. The highest BCUT2D eigenvalue weighted by molar-refractivity contribution is 5.83. The monoisotopic (exact) mass is 357 g/mol. The molecule has 26 heavy (non-hydrogen) atoms. The van der Waals surface area contributed by atoms with Crippen molar-refractivity contribution in [2.45, 2.75) is 51.6 Å². The van der Waals surface area contributed by atoms with Gasteiger partial charge in [-0.05, 0) is 50.3 Å². The molecule has 2 unspecified atom stereocenters. The molecule has 0 saturated carbocycles. The quantitative estimate of drug-likeness (QED) is 0.866. The van der Waals surface area contributed by atoms with E-state index in [0.717, 1.165) is 17.5 Å². The van der Waals surface area contributed by atoms with E-state index >= 15 is 0 Å². The van der Waals surface area contributed by atoms with Gasteiger partial charge in [-0.2, -0.15) is 0 Å². The smallest absolute Gasteiger partial charge is 0.410 e. The topological polar surface area (TPSA) is 66.8 Å². The summed E-state index contributed by atoms with van der Waals surface area (Å²) in [5.74, 6) is -1.56. The number of carboxylic acids is 1. The van der Waals surface area contributed by atoms with E-state index in [9.17, 15) is 14.7 Å². The molecule has 5 heteroatoms. The van der Waals surface area contributed by atoms with E-state index in [2.05, 4.69) is 19.1 Å². The van der Waals surface area contributed by atoms with Crippen LogP contribution in [0.1, 0.15) is 51.7 Å². The van der Waals surface area contributed by atoms with Gasteiger partial charge in [-0.3, -0.25) is 4.79 Å². The van der Waals surface area contributed by atoms with Gasteiger partial charge in [0.2, 0.25) is 0 Å². The number of ether oxygens (including phenoxy) is 1. The number of carboxylic acid groups (broad SMARTS) is 1. The Labute approximate surface area is 154 Å². The molecular formula is C21H27NO4. The van der Waals surface area contributed by atoms with Crippen molar-refractivity contribution in [3.8, 4) is 0 Å². The molecule has 0 bridgehead atoms. The van der Waals surface area contributed by atoms with Crippen molar-refractivity contribution in [2.75, 3.05) is 13.1 Å². The summed E-state index contributed by atoms with van der Waals surface area (Å²) in [5.41, 5.74) is 2.27. The second-order valence-corrected chi connectivity index (χ2v) is 8.18. The normalized spacial score (nSPS) is 25.0. The summed E-state index contributed by atoms with van der Waals surface area (Å²) < 4.78 is 5.45. The van der Waals surface area contributed by atoms with Gasteiger partial charge in [0, 0.05) is 18.5 Å². The second-order valence-electron chi connectivity index (χ2n) is 8.18. The highest BCUT2D eigenvalue weighted by Gasteiger charge is 2.51. The molecule has 0 aromatic heterocycles. The molecule has 1 heterocycles. The van der Waals surface area contributed by atoms with Gasteiger partial charge in [-0.1, -0.05) is 37.3 Å². The minimum Gasteiger partial charge on any atom is -0.481 e. The molecule has 1 aromatic rings. The average molecular weight is 357 g/mol. The Balaban J connectivity index is 1.95. The van der Waals surface area contributed by atoms with Crippen LogP contribution in [0.5, 0.6) is 0 Å². The highest BCUT2D eigenvalue weighted by atomic mass is 16.6. The minimum atomic E-state index is -0.873. The third-order valence-corrected chi connectivity index (χ3v) is 5.36. The number of rotatable bonds is 2. The van der Waals surface area contributed by atoms with Gasteiger partial charge in [-0.15, -0.1) is 0 Å². The number of hydrogen-bond donors (Lipinski definition) is 1. The van der Waals surface area contributed by atoms with E-state index in [1.165, 1.54) is 10.5 Å². The van der Waals surface area contributed by atoms with Crippen LogP contribution in [0.15, 0.2) is 30.3 Å². The summed E-state index contributed by atoms with van der Waals surface area (Å²) in [6, 6.07) is 8.06. The average Bonchev–Trinajstić information content (AvgIpc) is 2.88. The summed E-state index contributed by atoms with van der Waals surface area (Å²) in [7, 11) is 0. The molecule has 2 atom stereocenters. The van der Waals surface area contributed by atoms with Gasteiger partial charge in [0.05, 0.1) is 5.92 Å². The van der Waals surface area contributed by atoms with Crippen LogP contribution in [-0.4, -0.2) is 40.8 Å². The number of piperidine rings is 1. The van der Waals surface area contributed by atoms with Crippen LogP contribution in [0.4, 0.5) is 4.79 Å². The first-order valence-corrected chi connectivity index (χ1v) is 9.20. The first-order valence-electron chi connectivity index (χ1n) is 9.20. The Morgan fingerprint density at radius 2 is 2.00 bits per heavy atom. The van der Waals surface area contributed by atoms with Crippen LogP contribution < -0.4 is 0 Å². The highest BCUT2D eigenvalue weighted by Crippen LogP contribution is 2.50. The van der Waals surface area contributed by atoms with Crippen molar-refractivity contribution in [1.82, 2.24) is 4.90 Å². The molecular weight excluding hydrogens is 330 g/mol. The fraction of sp³-hybridized carbons (Fsp3) is 0.524. The molecule has 1 aromatic carbocycles. The maximum Gasteiger partial charge on any atom is 0.410 e. The molecule has 2 aliphatic rings. The van der Waals surface area contributed by atoms with E-state index in [-0.39, 0.29) is 6.54 Å². The van der Waals surface area contributed by atoms with Crippen molar-refractivity contribution < 1.29 is 19.4 Å². The maximum absolute atomic E-state index is 12.4. The van der Waals surface area contributed by atoms with E-state index in [4.69, 9.17) is 4.74 Å². The van der Waals surface area contributed by atoms with Crippen LogP contribution >= 0.6 is 0 Å². The Bertz CT molecular complexity index is 762. The molecule has 1 fully saturated rings. The first-order chi connectivity index (χ1) is 12.2. The zero-order valence-corrected chi connectivity index (χ0v) is 15.9. The molecule has 1 amide bonds. The zero-order chi connectivity index (χ0) is 19.1. The summed E-state index contributed by atoms with van der Waals surface area (Å²) >= 11 is 0. The fourth-order valence-corrected chi connectivity index (χ4v) is 4.18. The lowest BCUT2D eigenvalue weighted by atomic mass is 9.67. The van der Waals surface area contributed by atoms with Gasteiger partial charge >= 0.3 is 12.1 Å². The Morgan fingerprint density at radius 3 is 2.62 bits per heavy atom. The number of aliphatic carboxylic acids is 1. The Kier molecular flexibility index (Phi) is 4.59. The van der Waals surface area contributed by atoms with Crippen molar-refractivity contribution in [3.05, 3.63) is 41.5 Å². The molecule has 5 nitrogen and oxygen atoms in total. The number of nitrogens with zero attached hydrogens (tertiary/aromatic N) is 1. The number of likely N-dealkylation sites (tertiary alicyclic amines) is 1. The third kappa shape index (κ3) is 3.11. The van der Waals surface area contributed by atoms with Crippen LogP contribution in [0.3, 0.4) is 0 Å². The summed E-state index contributed by atoms with van der Waals surface area (Å²) in [6.07, 6.45) is 3.15. The van der Waals surface area contributed by atoms with Crippen LogP contribution in [-0.2, 0) is 14.9 Å². The van der Waals surface area contributed by atoms with Gasteiger partial charge in [0.25, 0.3) is 0 Å². The zero-order valence-electron chi connectivity index (χ0n) is 15.9. The number of carbonyl (C=O) groups is 2. The predicted octanol–water partition coefficient (Wildman–Crippen LogP) is 4.07. The number of hydrogen-bond acceptors (Lipinski definition) is 3. The number of allylic oxidation sites excluding steroid dienone is 2. The third-order valence-electron chi connectivity index (χ3n) is 5.36. The van der Waals surface area contributed by atoms with Crippen LogP contribution in [0.2, 0.25) is 0 Å². The molecule has 1 N–H and O–H groups in total. The predicted molar refractivity (Wildman–Crippen MR) is 99.9 cm³/mol. The molecule has 1 saturated heterocycles. The van der Waals surface area contributed by atoms with E-state index in [1.54, 1.807) is 0 Å². The lowest BCUT2D eigenvalue weighted by Crippen LogP contribution is -2.54. The van der Waals surface area contributed by atoms with Crippen LogP contribution in [0.25, 0.3) is 5.57 Å². The van der Waals surface area contributed by atoms with Gasteiger partial charge in [0.15, 0.2) is 0 Å². The van der Waals surface area contributed by atoms with Gasteiger partial charge in [0.1, 0.15) is 5.60 Å². The Hall–Kier alpha value is -2.30. The van der Waals surface area contributed by atoms with E-state index in [0.29, 0.717) is 13.0 Å². The largest absolute Gasteiger partial charge is 0.481 e. The lowest BCUT2D eigenvalue weighted by Gasteiger charge is -2.43. The molecule has 3 rings (SSSR count). The molecule has 1 aliphatic carbocycles. The lowest BCUT2D eigenvalue weighted by molar-refractivity contribution is -0.145. The summed E-state index contributed by atoms with van der Waals surface area (Å²) in [6.45, 7) is 8.18. The van der Waals surface area contributed by atoms with E-state index in [1.807, 2.05) is 39.0 Å². The molecule has 1 aliphatic heterocycles. The van der Waals surface area contributed by atoms with Crippen molar-refractivity contribution >= 4 is 17.6 Å². The second kappa shape index (κ2) is 6.45. The summed E-state index contributed by atoms with van der Waals surface area (Å²) in [4.78, 5) is 26.1. The van der Waals surface area contributed by atoms with E-state index < -0.39 is 29.0 Å². The van der Waals surface area contributed by atoms with Crippen molar-refractivity contribution in [2.24, 2.45) is 5.92 Å². The first kappa shape index (κ1) is 18.5.